The summed E-state index contributed by atoms with van der Waals surface area (Å²) < 4.78 is 31.2. The quantitative estimate of drug-likeness (QED) is 0.439. The average molecular weight is 510 g/mol. The maximum atomic E-state index is 14.4. The molecule has 0 saturated carbocycles. The van der Waals surface area contributed by atoms with Gasteiger partial charge in [-0.15, -0.1) is 0 Å². The molecule has 5 rings (SSSR count). The lowest BCUT2D eigenvalue weighted by Gasteiger charge is -2.32. The maximum Gasteiger partial charge on any atom is 0.248 e. The molecule has 4 aromatic heterocycles. The second kappa shape index (κ2) is 9.67. The first-order valence-electron chi connectivity index (χ1n) is 11.2. The number of carbonyl (C=O) groups excluding carboxylic acids is 1. The number of likely N-dealkylation sites (tertiary alicyclic amines) is 1. The first-order valence-corrected chi connectivity index (χ1v) is 12.0. The number of hydrogen-bond acceptors (Lipinski definition) is 7. The summed E-state index contributed by atoms with van der Waals surface area (Å²) in [7, 11) is 0. The zero-order valence-corrected chi connectivity index (χ0v) is 20.0. The summed E-state index contributed by atoms with van der Waals surface area (Å²) >= 11 is 0.991. The van der Waals surface area contributed by atoms with E-state index < -0.39 is 18.2 Å². The Balaban J connectivity index is 1.50. The molecule has 0 radical (unpaired) electrons. The van der Waals surface area contributed by atoms with Crippen LogP contribution in [0.1, 0.15) is 30.1 Å². The van der Waals surface area contributed by atoms with E-state index in [1.807, 2.05) is 17.7 Å². The number of aliphatic hydroxyl groups excluding tert-OH is 1. The van der Waals surface area contributed by atoms with Crippen LogP contribution in [-0.4, -0.2) is 60.0 Å². The van der Waals surface area contributed by atoms with Crippen molar-refractivity contribution in [3.8, 4) is 17.2 Å². The summed E-state index contributed by atoms with van der Waals surface area (Å²) in [6.07, 6.45) is 7.35. The number of aliphatic hydroxyl groups is 1. The van der Waals surface area contributed by atoms with Crippen LogP contribution in [0.25, 0.3) is 16.6 Å². The molecule has 0 unspecified atom stereocenters. The Morgan fingerprint density at radius 3 is 2.69 bits per heavy atom. The zero-order valence-electron chi connectivity index (χ0n) is 19.2. The summed E-state index contributed by atoms with van der Waals surface area (Å²) in [6, 6.07) is 4.80. The van der Waals surface area contributed by atoms with E-state index in [-0.39, 0.29) is 17.0 Å². The van der Waals surface area contributed by atoms with Crippen LogP contribution in [0.2, 0.25) is 0 Å². The van der Waals surface area contributed by atoms with Crippen LogP contribution in [-0.2, 0) is 4.79 Å². The molecule has 0 bridgehead atoms. The average Bonchev–Trinajstić information content (AvgIpc) is 3.48. The van der Waals surface area contributed by atoms with Gasteiger partial charge in [0, 0.05) is 47.1 Å². The summed E-state index contributed by atoms with van der Waals surface area (Å²) in [5.41, 5.74) is 3.34. The Hall–Kier alpha value is -3.82. The van der Waals surface area contributed by atoms with Crippen LogP contribution >= 0.6 is 11.8 Å². The van der Waals surface area contributed by atoms with Gasteiger partial charge in [-0.25, -0.2) is 18.3 Å². The standard InChI is InChI=1S/C24H21F2N7O2S/c1-14-19(11-30-33(14)18-2-4-31(5-3-18)22(35)13-34)15-6-21(23-16(8-27)9-29-32(23)12-15)36-24-20(26)7-17(25)10-28-24/h6-7,9-12,18,34H,2-5,13H2,1H3. The van der Waals surface area contributed by atoms with Crippen molar-refractivity contribution in [3.63, 3.8) is 0 Å². The fourth-order valence-corrected chi connectivity index (χ4v) is 5.46. The number of rotatable bonds is 5. The molecule has 4 aromatic rings. The number of nitriles is 1. The van der Waals surface area contributed by atoms with Gasteiger partial charge in [-0.05, 0) is 25.8 Å². The third kappa shape index (κ3) is 4.31. The van der Waals surface area contributed by atoms with Crippen LogP contribution in [0.4, 0.5) is 8.78 Å². The van der Waals surface area contributed by atoms with Crippen molar-refractivity contribution in [2.24, 2.45) is 0 Å². The monoisotopic (exact) mass is 509 g/mol. The molecule has 5 heterocycles. The highest BCUT2D eigenvalue weighted by atomic mass is 32.2. The molecular formula is C24H21F2N7O2S. The second-order valence-corrected chi connectivity index (χ2v) is 9.49. The number of aromatic nitrogens is 5. The van der Waals surface area contributed by atoms with Crippen molar-refractivity contribution in [1.29, 1.82) is 5.26 Å². The molecular weight excluding hydrogens is 488 g/mol. The second-order valence-electron chi connectivity index (χ2n) is 8.46. The number of nitrogens with zero attached hydrogens (tertiary/aromatic N) is 7. The van der Waals surface area contributed by atoms with E-state index in [1.54, 1.807) is 21.8 Å². The Morgan fingerprint density at radius 1 is 1.22 bits per heavy atom. The molecule has 0 aliphatic carbocycles. The molecule has 0 spiro atoms. The highest BCUT2D eigenvalue weighted by Gasteiger charge is 2.26. The van der Waals surface area contributed by atoms with Crippen molar-refractivity contribution in [3.05, 3.63) is 59.8 Å². The topological polar surface area (TPSA) is 112 Å². The number of carbonyl (C=O) groups is 1. The number of hydrogen-bond donors (Lipinski definition) is 1. The van der Waals surface area contributed by atoms with E-state index in [4.69, 9.17) is 5.11 Å². The number of amides is 1. The third-order valence-electron chi connectivity index (χ3n) is 6.33. The predicted molar refractivity (Wildman–Crippen MR) is 126 cm³/mol. The smallest absolute Gasteiger partial charge is 0.248 e. The molecule has 36 heavy (non-hydrogen) atoms. The van der Waals surface area contributed by atoms with Gasteiger partial charge in [0.1, 0.15) is 23.5 Å². The largest absolute Gasteiger partial charge is 0.387 e. The van der Waals surface area contributed by atoms with Gasteiger partial charge in [0.15, 0.2) is 5.82 Å². The Morgan fingerprint density at radius 2 is 2.00 bits per heavy atom. The lowest BCUT2D eigenvalue weighted by molar-refractivity contribution is -0.135. The lowest BCUT2D eigenvalue weighted by Crippen LogP contribution is -2.40. The van der Waals surface area contributed by atoms with Crippen molar-refractivity contribution in [2.75, 3.05) is 19.7 Å². The molecule has 184 valence electrons. The number of piperidine rings is 1. The first-order chi connectivity index (χ1) is 17.4. The molecule has 1 N–H and O–H groups in total. The van der Waals surface area contributed by atoms with Gasteiger partial charge in [0.2, 0.25) is 5.91 Å². The molecule has 1 aliphatic rings. The Bertz CT molecular complexity index is 1500. The van der Waals surface area contributed by atoms with Gasteiger partial charge >= 0.3 is 0 Å². The predicted octanol–water partition coefficient (Wildman–Crippen LogP) is 3.36. The van der Waals surface area contributed by atoms with E-state index in [1.165, 1.54) is 6.20 Å². The van der Waals surface area contributed by atoms with Gasteiger partial charge < -0.3 is 10.0 Å². The van der Waals surface area contributed by atoms with Crippen molar-refractivity contribution in [1.82, 2.24) is 29.3 Å². The molecule has 1 aliphatic heterocycles. The summed E-state index contributed by atoms with van der Waals surface area (Å²) in [5.74, 6) is -1.84. The number of pyridine rings is 2. The van der Waals surface area contributed by atoms with E-state index in [9.17, 15) is 18.8 Å². The molecule has 0 aromatic carbocycles. The third-order valence-corrected chi connectivity index (χ3v) is 7.36. The van der Waals surface area contributed by atoms with Crippen LogP contribution < -0.4 is 0 Å². The summed E-state index contributed by atoms with van der Waals surface area (Å²) in [5, 5.41) is 27.5. The molecule has 9 nitrogen and oxygen atoms in total. The molecule has 1 amide bonds. The summed E-state index contributed by atoms with van der Waals surface area (Å²) in [6.45, 7) is 2.56. The van der Waals surface area contributed by atoms with Crippen molar-refractivity contribution >= 4 is 23.2 Å². The van der Waals surface area contributed by atoms with E-state index in [0.29, 0.717) is 41.9 Å². The highest BCUT2D eigenvalue weighted by Crippen LogP contribution is 2.37. The molecule has 0 atom stereocenters. The SMILES string of the molecule is Cc1c(-c2cc(Sc3ncc(F)cc3F)c3c(C#N)cnn3c2)cnn1C1CCN(C(=O)CO)CC1. The van der Waals surface area contributed by atoms with Crippen molar-refractivity contribution in [2.45, 2.75) is 35.7 Å². The van der Waals surface area contributed by atoms with Gasteiger partial charge in [-0.1, -0.05) is 11.8 Å². The summed E-state index contributed by atoms with van der Waals surface area (Å²) in [4.78, 5) is 17.8. The van der Waals surface area contributed by atoms with E-state index in [2.05, 4.69) is 21.3 Å². The molecule has 1 saturated heterocycles. The molecule has 12 heteroatoms. The first kappa shape index (κ1) is 23.9. The van der Waals surface area contributed by atoms with Gasteiger partial charge in [-0.2, -0.15) is 15.5 Å². The lowest BCUT2D eigenvalue weighted by atomic mass is 10.0. The minimum absolute atomic E-state index is 0.0165. The van der Waals surface area contributed by atoms with E-state index in [0.717, 1.165) is 40.8 Å². The van der Waals surface area contributed by atoms with Crippen LogP contribution in [0.3, 0.4) is 0 Å². The van der Waals surface area contributed by atoms with E-state index >= 15 is 0 Å². The van der Waals surface area contributed by atoms with Gasteiger partial charge in [-0.3, -0.25) is 9.48 Å². The van der Waals surface area contributed by atoms with Gasteiger partial charge in [0.25, 0.3) is 0 Å². The van der Waals surface area contributed by atoms with Crippen LogP contribution in [0, 0.1) is 29.9 Å². The Kier molecular flexibility index (Phi) is 6.42. The zero-order chi connectivity index (χ0) is 25.4. The molecule has 1 fully saturated rings. The van der Waals surface area contributed by atoms with Crippen molar-refractivity contribution < 1.29 is 18.7 Å². The number of fused-ring (bicyclic) bond motifs is 1. The highest BCUT2D eigenvalue weighted by molar-refractivity contribution is 7.99. The van der Waals surface area contributed by atoms with Gasteiger partial charge in [0.05, 0.1) is 35.7 Å². The minimum atomic E-state index is -0.795. The number of halogens is 2. The normalized spacial score (nSPS) is 14.4. The fourth-order valence-electron chi connectivity index (χ4n) is 4.51. The maximum absolute atomic E-state index is 14.4. The fraction of sp³-hybridized carbons (Fsp3) is 0.292. The minimum Gasteiger partial charge on any atom is -0.387 e. The van der Waals surface area contributed by atoms with Crippen LogP contribution in [0.15, 0.2) is 46.8 Å². The Labute approximate surface area is 209 Å². The van der Waals surface area contributed by atoms with Crippen LogP contribution in [0.5, 0.6) is 0 Å².